The lowest BCUT2D eigenvalue weighted by molar-refractivity contribution is -0.126. The Morgan fingerprint density at radius 1 is 1.47 bits per heavy atom. The third-order valence-corrected chi connectivity index (χ3v) is 2.43. The summed E-state index contributed by atoms with van der Waals surface area (Å²) in [4.78, 5) is 8.95. The van der Waals surface area contributed by atoms with Crippen LogP contribution in [-0.4, -0.2) is 32.6 Å². The van der Waals surface area contributed by atoms with Gasteiger partial charge in [0.1, 0.15) is 0 Å². The molecule has 1 heterocycles. The van der Waals surface area contributed by atoms with Gasteiger partial charge in [-0.1, -0.05) is 5.57 Å². The maximum Gasteiger partial charge on any atom is 0.292 e. The number of ether oxygens (including phenoxy) is 3. The van der Waals surface area contributed by atoms with Gasteiger partial charge >= 0.3 is 0 Å². The standard InChI is InChI=1S/C9H14O2.C2H4O2/c1-8-3-2-4-9(7-8)10-5-6-11-9;1-4-2-3/h7H,2-6H2,1H3;2H,1H3. The molecule has 0 aromatic rings. The van der Waals surface area contributed by atoms with E-state index in [4.69, 9.17) is 14.3 Å². The molecule has 4 heteroatoms. The Kier molecular flexibility index (Phi) is 4.78. The highest BCUT2D eigenvalue weighted by Gasteiger charge is 2.35. The van der Waals surface area contributed by atoms with E-state index in [1.165, 1.54) is 25.5 Å². The van der Waals surface area contributed by atoms with Gasteiger partial charge in [-0.3, -0.25) is 4.79 Å². The first kappa shape index (κ1) is 12.2. The first-order valence-electron chi connectivity index (χ1n) is 5.15. The number of allylic oxidation sites excluding steroid dienone is 1. The van der Waals surface area contributed by atoms with Gasteiger partial charge in [-0.05, 0) is 25.8 Å². The van der Waals surface area contributed by atoms with Crippen LogP contribution < -0.4 is 0 Å². The summed E-state index contributed by atoms with van der Waals surface area (Å²) in [6.07, 6.45) is 5.57. The first-order chi connectivity index (χ1) is 7.22. The smallest absolute Gasteiger partial charge is 0.292 e. The highest BCUT2D eigenvalue weighted by molar-refractivity contribution is 5.36. The lowest BCUT2D eigenvalue weighted by atomic mass is 9.96. The quantitative estimate of drug-likeness (QED) is 0.492. The molecule has 2 rings (SSSR count). The van der Waals surface area contributed by atoms with Crippen molar-refractivity contribution in [1.82, 2.24) is 0 Å². The minimum atomic E-state index is -0.317. The van der Waals surface area contributed by atoms with Crippen LogP contribution >= 0.6 is 0 Å². The van der Waals surface area contributed by atoms with Crippen molar-refractivity contribution >= 4 is 6.47 Å². The Bertz CT molecular complexity index is 229. The van der Waals surface area contributed by atoms with E-state index in [1.807, 2.05) is 0 Å². The molecule has 0 aromatic heterocycles. The van der Waals surface area contributed by atoms with Crippen LogP contribution in [0.5, 0.6) is 0 Å². The molecule has 0 N–H and O–H groups in total. The fraction of sp³-hybridized carbons (Fsp3) is 0.727. The normalized spacial score (nSPS) is 22.7. The second-order valence-electron chi connectivity index (χ2n) is 3.68. The molecule has 0 atom stereocenters. The molecule has 86 valence electrons. The Morgan fingerprint density at radius 2 is 2.07 bits per heavy atom. The summed E-state index contributed by atoms with van der Waals surface area (Å²) in [7, 11) is 1.31. The molecule has 1 aliphatic heterocycles. The Morgan fingerprint density at radius 3 is 2.53 bits per heavy atom. The molecule has 4 nitrogen and oxygen atoms in total. The summed E-state index contributed by atoms with van der Waals surface area (Å²) in [5.41, 5.74) is 1.40. The maximum absolute atomic E-state index is 8.95. The summed E-state index contributed by atoms with van der Waals surface area (Å²) in [6, 6.07) is 0. The largest absolute Gasteiger partial charge is 0.471 e. The van der Waals surface area contributed by atoms with E-state index < -0.39 is 0 Å². The third-order valence-electron chi connectivity index (χ3n) is 2.43. The van der Waals surface area contributed by atoms with Crippen molar-refractivity contribution in [2.24, 2.45) is 0 Å². The van der Waals surface area contributed by atoms with Crippen LogP contribution in [0.2, 0.25) is 0 Å². The van der Waals surface area contributed by atoms with E-state index >= 15 is 0 Å². The van der Waals surface area contributed by atoms with Crippen molar-refractivity contribution in [2.75, 3.05) is 20.3 Å². The lowest BCUT2D eigenvalue weighted by Gasteiger charge is -2.28. The van der Waals surface area contributed by atoms with Crippen molar-refractivity contribution in [3.05, 3.63) is 11.6 Å². The molecule has 1 saturated heterocycles. The van der Waals surface area contributed by atoms with Crippen LogP contribution in [0.3, 0.4) is 0 Å². The van der Waals surface area contributed by atoms with E-state index in [9.17, 15) is 0 Å². The summed E-state index contributed by atoms with van der Waals surface area (Å²) in [6.45, 7) is 4.03. The summed E-state index contributed by atoms with van der Waals surface area (Å²) in [5.74, 6) is -0.317. The van der Waals surface area contributed by atoms with Crippen molar-refractivity contribution in [3.8, 4) is 0 Å². The van der Waals surface area contributed by atoms with Gasteiger partial charge in [0.2, 0.25) is 0 Å². The number of hydrogen-bond acceptors (Lipinski definition) is 4. The minimum absolute atomic E-state index is 0.317. The van der Waals surface area contributed by atoms with Crippen molar-refractivity contribution in [2.45, 2.75) is 32.0 Å². The van der Waals surface area contributed by atoms with E-state index in [-0.39, 0.29) is 5.79 Å². The number of rotatable bonds is 1. The van der Waals surface area contributed by atoms with E-state index in [1.54, 1.807) is 0 Å². The van der Waals surface area contributed by atoms with E-state index in [2.05, 4.69) is 17.7 Å². The number of carbonyl (C=O) groups is 1. The van der Waals surface area contributed by atoms with Gasteiger partial charge in [0.25, 0.3) is 6.47 Å². The maximum atomic E-state index is 8.95. The topological polar surface area (TPSA) is 44.8 Å². The average molecular weight is 214 g/mol. The monoisotopic (exact) mass is 214 g/mol. The molecule has 1 fully saturated rings. The molecule has 0 bridgehead atoms. The van der Waals surface area contributed by atoms with Crippen LogP contribution in [0.25, 0.3) is 0 Å². The summed E-state index contributed by atoms with van der Waals surface area (Å²) in [5, 5.41) is 0. The Labute approximate surface area is 90.2 Å². The molecule has 0 unspecified atom stereocenters. The molecule has 0 aromatic carbocycles. The first-order valence-corrected chi connectivity index (χ1v) is 5.15. The average Bonchev–Trinajstić information content (AvgIpc) is 2.66. The van der Waals surface area contributed by atoms with E-state index in [0.717, 1.165) is 19.6 Å². The zero-order chi connectivity index (χ0) is 11.1. The third kappa shape index (κ3) is 3.64. The van der Waals surface area contributed by atoms with Crippen molar-refractivity contribution in [1.29, 1.82) is 0 Å². The van der Waals surface area contributed by atoms with Crippen molar-refractivity contribution in [3.63, 3.8) is 0 Å². The van der Waals surface area contributed by atoms with Gasteiger partial charge in [0, 0.05) is 6.42 Å². The fourth-order valence-corrected chi connectivity index (χ4v) is 1.83. The lowest BCUT2D eigenvalue weighted by Crippen LogP contribution is -2.29. The van der Waals surface area contributed by atoms with Crippen molar-refractivity contribution < 1.29 is 19.0 Å². The molecule has 0 amide bonds. The molecule has 0 radical (unpaired) electrons. The number of hydrogen-bond donors (Lipinski definition) is 0. The molecular formula is C11H18O4. The van der Waals surface area contributed by atoms with Gasteiger partial charge < -0.3 is 14.2 Å². The highest BCUT2D eigenvalue weighted by Crippen LogP contribution is 2.33. The molecule has 15 heavy (non-hydrogen) atoms. The van der Waals surface area contributed by atoms with Crippen LogP contribution in [0.15, 0.2) is 11.6 Å². The minimum Gasteiger partial charge on any atom is -0.471 e. The van der Waals surface area contributed by atoms with Gasteiger partial charge in [-0.25, -0.2) is 0 Å². The second-order valence-corrected chi connectivity index (χ2v) is 3.68. The molecular weight excluding hydrogens is 196 g/mol. The number of carbonyl (C=O) groups excluding carboxylic acids is 1. The SMILES string of the molecule is CC1=CC2(CCC1)OCCO2.COC=O. The van der Waals surface area contributed by atoms with E-state index in [0.29, 0.717) is 6.47 Å². The van der Waals surface area contributed by atoms with Crippen LogP contribution in [0.4, 0.5) is 0 Å². The van der Waals surface area contributed by atoms with Crippen LogP contribution in [0.1, 0.15) is 26.2 Å². The number of methoxy groups -OCH3 is 1. The molecule has 2 aliphatic rings. The van der Waals surface area contributed by atoms with Gasteiger partial charge in [-0.15, -0.1) is 0 Å². The Balaban J connectivity index is 0.000000245. The zero-order valence-electron chi connectivity index (χ0n) is 9.32. The van der Waals surface area contributed by atoms with Gasteiger partial charge in [0.05, 0.1) is 20.3 Å². The second kappa shape index (κ2) is 5.88. The summed E-state index contributed by atoms with van der Waals surface area (Å²) >= 11 is 0. The van der Waals surface area contributed by atoms with Crippen LogP contribution in [0, 0.1) is 0 Å². The zero-order valence-corrected chi connectivity index (χ0v) is 9.32. The predicted octanol–water partition coefficient (Wildman–Crippen LogP) is 1.65. The van der Waals surface area contributed by atoms with Gasteiger partial charge in [-0.2, -0.15) is 0 Å². The fourth-order valence-electron chi connectivity index (χ4n) is 1.83. The molecule has 1 aliphatic carbocycles. The molecule has 0 saturated carbocycles. The Hall–Kier alpha value is -0.870. The highest BCUT2D eigenvalue weighted by atomic mass is 16.7. The predicted molar refractivity (Wildman–Crippen MR) is 55.3 cm³/mol. The molecule has 1 spiro atoms. The van der Waals surface area contributed by atoms with Crippen LogP contribution in [-0.2, 0) is 19.0 Å². The summed E-state index contributed by atoms with van der Waals surface area (Å²) < 4.78 is 15.0. The van der Waals surface area contributed by atoms with Gasteiger partial charge in [0.15, 0.2) is 5.79 Å².